The van der Waals surface area contributed by atoms with Gasteiger partial charge in [0, 0.05) is 14.1 Å². The van der Waals surface area contributed by atoms with E-state index in [4.69, 9.17) is 4.74 Å². The van der Waals surface area contributed by atoms with Crippen LogP contribution in [0.1, 0.15) is 30.0 Å². The Balaban J connectivity index is 1.57. The summed E-state index contributed by atoms with van der Waals surface area (Å²) in [5.74, 6) is 0.258. The summed E-state index contributed by atoms with van der Waals surface area (Å²) in [6, 6.07) is 14.2. The maximum atomic E-state index is 12.3. The fraction of sp³-hybridized carbons (Fsp3) is 0.350. The molecular formula is C20H24N2O4S. The SMILES string of the molecule is CN(C)S(=O)(=O)c1ccc(OCC(=O)NC2CCCc3ccccc32)cc1. The van der Waals surface area contributed by atoms with E-state index in [9.17, 15) is 13.2 Å². The molecule has 0 radical (unpaired) electrons. The number of rotatable bonds is 6. The molecular weight excluding hydrogens is 364 g/mol. The van der Waals surface area contributed by atoms with Crippen molar-refractivity contribution >= 4 is 15.9 Å². The number of carbonyl (C=O) groups is 1. The minimum absolute atomic E-state index is 0.0126. The maximum Gasteiger partial charge on any atom is 0.258 e. The topological polar surface area (TPSA) is 75.7 Å². The Hall–Kier alpha value is -2.38. The molecule has 3 rings (SSSR count). The van der Waals surface area contributed by atoms with Crippen molar-refractivity contribution in [1.82, 2.24) is 9.62 Å². The molecule has 0 fully saturated rings. The van der Waals surface area contributed by atoms with Crippen LogP contribution in [0.3, 0.4) is 0 Å². The van der Waals surface area contributed by atoms with Crippen molar-refractivity contribution in [3.8, 4) is 5.75 Å². The van der Waals surface area contributed by atoms with Gasteiger partial charge in [-0.15, -0.1) is 0 Å². The predicted molar refractivity (Wildman–Crippen MR) is 103 cm³/mol. The first kappa shape index (κ1) is 19.4. The van der Waals surface area contributed by atoms with Gasteiger partial charge in [-0.25, -0.2) is 12.7 Å². The highest BCUT2D eigenvalue weighted by Gasteiger charge is 2.21. The molecule has 0 heterocycles. The molecule has 0 aromatic heterocycles. The Kier molecular flexibility index (Phi) is 5.82. The summed E-state index contributed by atoms with van der Waals surface area (Å²) >= 11 is 0. The lowest BCUT2D eigenvalue weighted by Gasteiger charge is -2.26. The molecule has 7 heteroatoms. The quantitative estimate of drug-likeness (QED) is 0.825. The first-order valence-electron chi connectivity index (χ1n) is 8.90. The maximum absolute atomic E-state index is 12.3. The standard InChI is InChI=1S/C20H24N2O4S/c1-22(2)27(24,25)17-12-10-16(11-13-17)26-14-20(23)21-19-9-5-7-15-6-3-4-8-18(15)19/h3-4,6,8,10-13,19H,5,7,9,14H2,1-2H3,(H,21,23). The van der Waals surface area contributed by atoms with Crippen LogP contribution in [0.25, 0.3) is 0 Å². The minimum atomic E-state index is -3.47. The molecule has 1 atom stereocenters. The van der Waals surface area contributed by atoms with Gasteiger partial charge in [0.15, 0.2) is 6.61 Å². The fourth-order valence-electron chi connectivity index (χ4n) is 3.21. The summed E-state index contributed by atoms with van der Waals surface area (Å²) < 4.78 is 30.8. The summed E-state index contributed by atoms with van der Waals surface area (Å²) in [5.41, 5.74) is 2.46. The highest BCUT2D eigenvalue weighted by molar-refractivity contribution is 7.89. The summed E-state index contributed by atoms with van der Waals surface area (Å²) in [6.45, 7) is -0.113. The number of benzene rings is 2. The Labute approximate surface area is 160 Å². The molecule has 0 saturated carbocycles. The largest absolute Gasteiger partial charge is 0.484 e. The minimum Gasteiger partial charge on any atom is -0.484 e. The third-order valence-electron chi connectivity index (χ3n) is 4.68. The zero-order valence-electron chi connectivity index (χ0n) is 15.5. The normalized spacial score (nSPS) is 16.6. The Morgan fingerprint density at radius 2 is 1.85 bits per heavy atom. The second-order valence-electron chi connectivity index (χ2n) is 6.76. The molecule has 0 bridgehead atoms. The number of hydrogen-bond donors (Lipinski definition) is 1. The van der Waals surface area contributed by atoms with Gasteiger partial charge in [0.25, 0.3) is 5.91 Å². The second kappa shape index (κ2) is 8.10. The van der Waals surface area contributed by atoms with Gasteiger partial charge in [-0.1, -0.05) is 24.3 Å². The van der Waals surface area contributed by atoms with Crippen LogP contribution in [0.2, 0.25) is 0 Å². The number of aryl methyl sites for hydroxylation is 1. The van der Waals surface area contributed by atoms with Crippen LogP contribution in [0.4, 0.5) is 0 Å². The number of fused-ring (bicyclic) bond motifs is 1. The molecule has 6 nitrogen and oxygen atoms in total. The second-order valence-corrected chi connectivity index (χ2v) is 8.91. The number of ether oxygens (including phenoxy) is 1. The molecule has 0 spiro atoms. The van der Waals surface area contributed by atoms with Crippen LogP contribution in [0, 0.1) is 0 Å². The third kappa shape index (κ3) is 4.48. The van der Waals surface area contributed by atoms with E-state index in [1.54, 1.807) is 12.1 Å². The van der Waals surface area contributed by atoms with Gasteiger partial charge >= 0.3 is 0 Å². The first-order valence-corrected chi connectivity index (χ1v) is 10.3. The van der Waals surface area contributed by atoms with Crippen molar-refractivity contribution in [2.24, 2.45) is 0 Å². The van der Waals surface area contributed by atoms with Gasteiger partial charge < -0.3 is 10.1 Å². The van der Waals surface area contributed by atoms with Crippen LogP contribution in [0.5, 0.6) is 5.75 Å². The van der Waals surface area contributed by atoms with E-state index in [1.807, 2.05) is 12.1 Å². The number of carbonyl (C=O) groups excluding carboxylic acids is 1. The number of nitrogens with zero attached hydrogens (tertiary/aromatic N) is 1. The lowest BCUT2D eigenvalue weighted by atomic mass is 9.88. The van der Waals surface area contributed by atoms with Crippen molar-refractivity contribution in [1.29, 1.82) is 0 Å². The molecule has 0 aliphatic heterocycles. The van der Waals surface area contributed by atoms with Crippen molar-refractivity contribution in [3.63, 3.8) is 0 Å². The number of nitrogens with one attached hydrogen (secondary N) is 1. The average Bonchev–Trinajstić information content (AvgIpc) is 2.67. The Morgan fingerprint density at radius 1 is 1.15 bits per heavy atom. The summed E-state index contributed by atoms with van der Waals surface area (Å²) in [4.78, 5) is 12.5. The zero-order valence-corrected chi connectivity index (χ0v) is 16.3. The van der Waals surface area contributed by atoms with Gasteiger partial charge in [0.2, 0.25) is 10.0 Å². The summed E-state index contributed by atoms with van der Waals surface area (Å²) in [6.07, 6.45) is 3.01. The fourth-order valence-corrected chi connectivity index (χ4v) is 4.11. The molecule has 1 unspecified atom stereocenters. The Morgan fingerprint density at radius 3 is 2.56 bits per heavy atom. The van der Waals surface area contributed by atoms with Crippen LogP contribution >= 0.6 is 0 Å². The first-order chi connectivity index (χ1) is 12.9. The molecule has 27 heavy (non-hydrogen) atoms. The summed E-state index contributed by atoms with van der Waals surface area (Å²) in [5, 5.41) is 3.03. The van der Waals surface area contributed by atoms with Crippen molar-refractivity contribution < 1.29 is 17.9 Å². The zero-order chi connectivity index (χ0) is 19.4. The van der Waals surface area contributed by atoms with Crippen molar-refractivity contribution in [3.05, 3.63) is 59.7 Å². The molecule has 1 aliphatic carbocycles. The van der Waals surface area contributed by atoms with E-state index in [-0.39, 0.29) is 23.5 Å². The van der Waals surface area contributed by atoms with Crippen LogP contribution in [-0.2, 0) is 21.2 Å². The lowest BCUT2D eigenvalue weighted by Crippen LogP contribution is -2.34. The lowest BCUT2D eigenvalue weighted by molar-refractivity contribution is -0.123. The van der Waals surface area contributed by atoms with E-state index < -0.39 is 10.0 Å². The van der Waals surface area contributed by atoms with Crippen molar-refractivity contribution in [2.75, 3.05) is 20.7 Å². The van der Waals surface area contributed by atoms with Crippen molar-refractivity contribution in [2.45, 2.75) is 30.2 Å². The van der Waals surface area contributed by atoms with Crippen LogP contribution in [0.15, 0.2) is 53.4 Å². The molecule has 1 amide bonds. The van der Waals surface area contributed by atoms with E-state index in [1.165, 1.54) is 37.4 Å². The van der Waals surface area contributed by atoms with E-state index in [0.29, 0.717) is 5.75 Å². The molecule has 144 valence electrons. The number of sulfonamides is 1. The third-order valence-corrected chi connectivity index (χ3v) is 6.51. The van der Waals surface area contributed by atoms with Crippen LogP contribution < -0.4 is 10.1 Å². The number of hydrogen-bond acceptors (Lipinski definition) is 4. The smallest absolute Gasteiger partial charge is 0.258 e. The van der Waals surface area contributed by atoms with E-state index in [2.05, 4.69) is 17.4 Å². The molecule has 2 aromatic carbocycles. The van der Waals surface area contributed by atoms with Gasteiger partial charge in [0.1, 0.15) is 5.75 Å². The van der Waals surface area contributed by atoms with Gasteiger partial charge in [0.05, 0.1) is 10.9 Å². The highest BCUT2D eigenvalue weighted by Crippen LogP contribution is 2.29. The van der Waals surface area contributed by atoms with E-state index >= 15 is 0 Å². The molecule has 2 aromatic rings. The molecule has 1 N–H and O–H groups in total. The highest BCUT2D eigenvalue weighted by atomic mass is 32.2. The van der Waals surface area contributed by atoms with Gasteiger partial charge in [-0.2, -0.15) is 0 Å². The average molecular weight is 388 g/mol. The van der Waals surface area contributed by atoms with Gasteiger partial charge in [-0.3, -0.25) is 4.79 Å². The predicted octanol–water partition coefficient (Wildman–Crippen LogP) is 2.51. The Bertz CT molecular complexity index is 908. The summed E-state index contributed by atoms with van der Waals surface area (Å²) in [7, 11) is -0.515. The van der Waals surface area contributed by atoms with E-state index in [0.717, 1.165) is 23.6 Å². The number of amides is 1. The molecule has 1 aliphatic rings. The molecule has 0 saturated heterocycles. The van der Waals surface area contributed by atoms with Gasteiger partial charge in [-0.05, 0) is 54.7 Å². The van der Waals surface area contributed by atoms with Crippen LogP contribution in [-0.4, -0.2) is 39.3 Å². The monoisotopic (exact) mass is 388 g/mol.